The Balaban J connectivity index is 0.911. The summed E-state index contributed by atoms with van der Waals surface area (Å²) in [6, 6.07) is 8.15. The summed E-state index contributed by atoms with van der Waals surface area (Å²) in [7, 11) is -2.39. The summed E-state index contributed by atoms with van der Waals surface area (Å²) < 4.78 is 45.3. The van der Waals surface area contributed by atoms with Gasteiger partial charge in [-0.25, -0.2) is 33.1 Å². The van der Waals surface area contributed by atoms with Crippen molar-refractivity contribution in [2.75, 3.05) is 69.7 Å². The van der Waals surface area contributed by atoms with Gasteiger partial charge in [0.05, 0.1) is 41.8 Å². The lowest BCUT2D eigenvalue weighted by Crippen LogP contribution is -2.60. The average molecular weight is 1120 g/mol. The van der Waals surface area contributed by atoms with Crippen molar-refractivity contribution in [3.8, 4) is 11.5 Å². The van der Waals surface area contributed by atoms with Crippen molar-refractivity contribution in [1.29, 1.82) is 0 Å². The van der Waals surface area contributed by atoms with Gasteiger partial charge in [-0.3, -0.25) is 29.2 Å². The molecule has 4 amide bonds. The van der Waals surface area contributed by atoms with Crippen LogP contribution in [0.25, 0.3) is 10.9 Å². The van der Waals surface area contributed by atoms with E-state index in [4.69, 9.17) is 14.2 Å². The summed E-state index contributed by atoms with van der Waals surface area (Å²) >= 11 is 0. The number of aromatic nitrogens is 4. The van der Waals surface area contributed by atoms with Crippen molar-refractivity contribution >= 4 is 62.2 Å². The van der Waals surface area contributed by atoms with Crippen LogP contribution in [0, 0.1) is 5.41 Å². The number of anilines is 2. The lowest BCUT2D eigenvalue weighted by molar-refractivity contribution is -0.144. The fourth-order valence-corrected chi connectivity index (χ4v) is 11.5. The number of rotatable bonds is 15. The largest absolute Gasteiger partial charge is 0.491 e. The number of amidine groups is 1. The summed E-state index contributed by atoms with van der Waals surface area (Å²) in [5, 5.41) is 10.0. The Hall–Kier alpha value is -6.94. The summed E-state index contributed by atoms with van der Waals surface area (Å²) in [5.41, 5.74) is 3.37. The molecule has 2 aromatic carbocycles. The fraction of sp³-hybridized carbons (Fsp3) is 0.569. The van der Waals surface area contributed by atoms with E-state index >= 15 is 0 Å². The van der Waals surface area contributed by atoms with Crippen LogP contribution >= 0.6 is 0 Å². The van der Waals surface area contributed by atoms with E-state index < -0.39 is 67.7 Å². The monoisotopic (exact) mass is 1120 g/mol. The first-order valence-electron chi connectivity index (χ1n) is 27.6. The highest BCUT2D eigenvalue weighted by atomic mass is 32.2. The maximum absolute atomic E-state index is 14.9. The highest BCUT2D eigenvalue weighted by molar-refractivity contribution is 7.92. The minimum atomic E-state index is -3.86. The standard InChI is InChI=1S/C58H80N12O9S/c1-35-30-59-49(36(35)2)66-50-42-28-47(80(75,76)58(10,11)12)46(29-44(42)62-34-63-50)77-26-25-68-21-23-69(24-22-68)54-60-31-40(32-61-54)78-39-27-45(52(72)64-43-20-16-18-38-17-14-15-19-41(38)43)70(33-39)53(73)48(56(4,5)6)65-51(71)37(3)67(13)55(74)79-57(7,8)9/h14-15,17,19,28-29,31-32,34,37,39,43,45,48H,16,18,20-27,30,33H2,1-13H3,(H,64,72)(H,65,71)(H,59,62,63,66)/t37-,39-,43+,45-,48+/m0/s1. The number of aryl methyl sites for hydroxylation is 1. The number of fused-ring (bicyclic) bond motifs is 2. The number of ether oxygens (including phenoxy) is 3. The lowest BCUT2D eigenvalue weighted by Gasteiger charge is -2.37. The summed E-state index contributed by atoms with van der Waals surface area (Å²) in [5.74, 6) is 0.950. The SMILES string of the molecule is CC1=C(C)C(Nc2ncnc3cc(OCCN4CCN(c5ncc(O[C@H]6C[C@@H](C(=O)N[C@@H]7CCCc8ccccc87)N(C(=O)[C@@H](NC(=O)[C@H](C)N(C)C(=O)OC(C)(C)C)C(C)(C)C)C6)cn5)CC4)c(S(=O)(=O)C(C)(C)C)cc23)=NC1. The van der Waals surface area contributed by atoms with Gasteiger partial charge in [0.15, 0.2) is 15.6 Å². The third-order valence-electron chi connectivity index (χ3n) is 15.3. The number of nitrogens with zero attached hydrogens (tertiary/aromatic N) is 9. The molecule has 0 unspecified atom stereocenters. The summed E-state index contributed by atoms with van der Waals surface area (Å²) in [4.78, 5) is 86.1. The second kappa shape index (κ2) is 23.6. The lowest BCUT2D eigenvalue weighted by atomic mass is 9.85. The third-order valence-corrected chi connectivity index (χ3v) is 17.8. The molecule has 2 fully saturated rings. The Morgan fingerprint density at radius 3 is 2.26 bits per heavy atom. The van der Waals surface area contributed by atoms with Gasteiger partial charge in [-0.05, 0) is 115 Å². The van der Waals surface area contributed by atoms with Crippen molar-refractivity contribution in [3.63, 3.8) is 0 Å². The molecule has 4 aliphatic rings. The Labute approximate surface area is 470 Å². The van der Waals surface area contributed by atoms with E-state index in [-0.39, 0.29) is 42.2 Å². The molecule has 8 rings (SSSR count). The van der Waals surface area contributed by atoms with Gasteiger partial charge < -0.3 is 40.0 Å². The molecule has 3 aliphatic heterocycles. The molecule has 1 aliphatic carbocycles. The summed E-state index contributed by atoms with van der Waals surface area (Å²) in [6.07, 6.45) is 6.09. The molecular formula is C58H80N12O9S. The van der Waals surface area contributed by atoms with Gasteiger partial charge >= 0.3 is 6.09 Å². The van der Waals surface area contributed by atoms with Crippen LogP contribution in [-0.4, -0.2) is 167 Å². The van der Waals surface area contributed by atoms with Gasteiger partial charge in [-0.1, -0.05) is 45.0 Å². The smallest absolute Gasteiger partial charge is 0.410 e. The van der Waals surface area contributed by atoms with E-state index in [0.29, 0.717) is 73.5 Å². The number of likely N-dealkylation sites (tertiary alicyclic amines) is 1. The highest BCUT2D eigenvalue weighted by Crippen LogP contribution is 2.38. The van der Waals surface area contributed by atoms with Gasteiger partial charge in [-0.15, -0.1) is 0 Å². The Kier molecular flexibility index (Phi) is 17.5. The van der Waals surface area contributed by atoms with E-state index in [9.17, 15) is 27.6 Å². The summed E-state index contributed by atoms with van der Waals surface area (Å²) in [6.45, 7) is 25.3. The van der Waals surface area contributed by atoms with E-state index in [1.807, 2.05) is 52.8 Å². The van der Waals surface area contributed by atoms with Crippen molar-refractivity contribution in [2.45, 2.75) is 154 Å². The normalized spacial score (nSPS) is 19.9. The molecule has 80 heavy (non-hydrogen) atoms. The molecular weight excluding hydrogens is 1040 g/mol. The fourth-order valence-electron chi connectivity index (χ4n) is 10.2. The number of hydrogen-bond acceptors (Lipinski definition) is 17. The van der Waals surface area contributed by atoms with Crippen LogP contribution in [0.15, 0.2) is 76.2 Å². The molecule has 5 atom stereocenters. The molecule has 21 nitrogen and oxygen atoms in total. The second-order valence-corrected chi connectivity index (χ2v) is 27.1. The van der Waals surface area contributed by atoms with Gasteiger partial charge in [0, 0.05) is 57.6 Å². The van der Waals surface area contributed by atoms with Gasteiger partial charge in [-0.2, -0.15) is 0 Å². The average Bonchev–Trinajstić information content (AvgIpc) is 4.02. The zero-order valence-electron chi connectivity index (χ0n) is 48.7. The number of carbonyl (C=O) groups is 4. The third kappa shape index (κ3) is 13.4. The number of hydrogen-bond donors (Lipinski definition) is 3. The molecule has 0 bridgehead atoms. The molecule has 0 spiro atoms. The predicted octanol–water partition coefficient (Wildman–Crippen LogP) is 6.68. The topological polar surface area (TPSA) is 243 Å². The number of amides is 4. The Morgan fingerprint density at radius 1 is 0.912 bits per heavy atom. The molecule has 3 N–H and O–H groups in total. The quantitative estimate of drug-likeness (QED) is 0.112. The maximum atomic E-state index is 14.9. The number of sulfone groups is 1. The zero-order valence-corrected chi connectivity index (χ0v) is 49.5. The minimum Gasteiger partial charge on any atom is -0.491 e. The molecule has 2 aromatic heterocycles. The Morgan fingerprint density at radius 2 is 1.61 bits per heavy atom. The first-order valence-corrected chi connectivity index (χ1v) is 29.1. The van der Waals surface area contributed by atoms with Crippen LogP contribution < -0.4 is 30.3 Å². The first kappa shape index (κ1) is 59.2. The molecule has 22 heteroatoms. The maximum Gasteiger partial charge on any atom is 0.410 e. The molecule has 432 valence electrons. The molecule has 0 radical (unpaired) electrons. The van der Waals surface area contributed by atoms with Crippen LogP contribution in [0.3, 0.4) is 0 Å². The van der Waals surface area contributed by atoms with Crippen molar-refractivity contribution in [3.05, 3.63) is 77.4 Å². The highest BCUT2D eigenvalue weighted by Gasteiger charge is 2.47. The van der Waals surface area contributed by atoms with Crippen LogP contribution in [-0.2, 0) is 35.4 Å². The van der Waals surface area contributed by atoms with E-state index in [1.54, 1.807) is 73.0 Å². The van der Waals surface area contributed by atoms with Crippen LogP contribution in [0.5, 0.6) is 11.5 Å². The van der Waals surface area contributed by atoms with Crippen molar-refractivity contribution in [1.82, 2.24) is 45.3 Å². The number of benzene rings is 2. The first-order chi connectivity index (χ1) is 37.6. The van der Waals surface area contributed by atoms with Gasteiger partial charge in [0.25, 0.3) is 0 Å². The molecule has 2 saturated heterocycles. The second-order valence-electron chi connectivity index (χ2n) is 24.5. The van der Waals surface area contributed by atoms with Crippen molar-refractivity contribution < 1.29 is 41.8 Å². The number of aliphatic imine (C=N–C) groups is 1. The van der Waals surface area contributed by atoms with E-state index in [2.05, 4.69) is 56.7 Å². The predicted molar refractivity (Wildman–Crippen MR) is 307 cm³/mol. The van der Waals surface area contributed by atoms with Crippen LogP contribution in [0.4, 0.5) is 16.6 Å². The molecule has 5 heterocycles. The van der Waals surface area contributed by atoms with E-state index in [1.165, 1.54) is 28.7 Å². The number of carbonyl (C=O) groups excluding carboxylic acids is 4. The minimum absolute atomic E-state index is 0.0524. The van der Waals surface area contributed by atoms with E-state index in [0.717, 1.165) is 36.0 Å². The van der Waals surface area contributed by atoms with Gasteiger partial charge in [0.2, 0.25) is 23.7 Å². The number of likely N-dealkylation sites (N-methyl/N-ethyl adjacent to an activating group) is 1. The number of nitrogens with one attached hydrogen (secondary N) is 3. The molecule has 4 aromatic rings. The van der Waals surface area contributed by atoms with Crippen LogP contribution in [0.1, 0.15) is 120 Å². The van der Waals surface area contributed by atoms with Gasteiger partial charge in [0.1, 0.15) is 65.1 Å². The van der Waals surface area contributed by atoms with Crippen LogP contribution in [0.2, 0.25) is 0 Å². The molecule has 0 saturated carbocycles. The Bertz CT molecular complexity index is 3140. The number of piperazine rings is 1. The van der Waals surface area contributed by atoms with Crippen molar-refractivity contribution in [2.24, 2.45) is 10.4 Å². The zero-order chi connectivity index (χ0) is 58.1.